The maximum Gasteiger partial charge on any atom is 0.144 e. The van der Waals surface area contributed by atoms with Gasteiger partial charge >= 0.3 is 0 Å². The molecular formula is C13H23NOS. The smallest absolute Gasteiger partial charge is 0.144 e. The van der Waals surface area contributed by atoms with Crippen molar-refractivity contribution in [2.45, 2.75) is 58.6 Å². The molecule has 92 valence electrons. The summed E-state index contributed by atoms with van der Waals surface area (Å²) >= 11 is 0. The van der Waals surface area contributed by atoms with Crippen LogP contribution in [-0.4, -0.2) is 14.7 Å². The van der Waals surface area contributed by atoms with Gasteiger partial charge in [0, 0.05) is 11.6 Å². The molecule has 0 aromatic rings. The van der Waals surface area contributed by atoms with Crippen molar-refractivity contribution in [1.82, 2.24) is 0 Å². The van der Waals surface area contributed by atoms with E-state index >= 15 is 0 Å². The minimum Gasteiger partial charge on any atom is -0.234 e. The normalized spacial score (nSPS) is 25.2. The van der Waals surface area contributed by atoms with Crippen molar-refractivity contribution in [3.63, 3.8) is 0 Å². The molecule has 0 heterocycles. The predicted molar refractivity (Wildman–Crippen MR) is 72.1 cm³/mol. The Balaban J connectivity index is 2.68. The van der Waals surface area contributed by atoms with E-state index in [-0.39, 0.29) is 4.75 Å². The van der Waals surface area contributed by atoms with E-state index in [0.717, 1.165) is 25.0 Å². The van der Waals surface area contributed by atoms with Crippen LogP contribution < -0.4 is 0 Å². The van der Waals surface area contributed by atoms with Gasteiger partial charge in [0.05, 0.1) is 4.75 Å². The van der Waals surface area contributed by atoms with Gasteiger partial charge < -0.3 is 0 Å². The number of rotatable bonds is 2. The maximum absolute atomic E-state index is 11.9. The second kappa shape index (κ2) is 5.26. The van der Waals surface area contributed by atoms with E-state index < -0.39 is 11.0 Å². The van der Waals surface area contributed by atoms with Gasteiger partial charge in [0.2, 0.25) is 0 Å². The highest BCUT2D eigenvalue weighted by atomic mass is 32.2. The lowest BCUT2D eigenvalue weighted by atomic mass is 9.87. The third kappa shape index (κ3) is 3.85. The summed E-state index contributed by atoms with van der Waals surface area (Å²) in [6, 6.07) is 0. The molecule has 1 unspecified atom stereocenters. The average Bonchev–Trinajstić information content (AvgIpc) is 2.17. The van der Waals surface area contributed by atoms with Crippen LogP contribution in [0.5, 0.6) is 0 Å². The molecule has 2 nitrogen and oxygen atoms in total. The van der Waals surface area contributed by atoms with Gasteiger partial charge in [-0.3, -0.25) is 0 Å². The van der Waals surface area contributed by atoms with Gasteiger partial charge in [-0.15, -0.1) is 0 Å². The Hall–Kier alpha value is -0.440. The molecule has 0 amide bonds. The van der Waals surface area contributed by atoms with Gasteiger partial charge in [-0.2, -0.15) is 4.40 Å². The summed E-state index contributed by atoms with van der Waals surface area (Å²) in [6.45, 7) is 10.1. The van der Waals surface area contributed by atoms with Gasteiger partial charge in [-0.05, 0) is 53.9 Å². The fourth-order valence-corrected chi connectivity index (χ4v) is 2.37. The minimum atomic E-state index is -1.11. The highest BCUT2D eigenvalue weighted by Crippen LogP contribution is 2.25. The standard InChI is InChI=1S/C13H23NOS/c1-10-6-8-12(9-7-10)11(2)14-16(15)13(3,4)5/h6,12H,7-9H2,1-5H3/b14-11+/t12-,16?/m0/s1. The van der Waals surface area contributed by atoms with E-state index in [1.165, 1.54) is 5.57 Å². The molecule has 1 aliphatic rings. The average molecular weight is 241 g/mol. The van der Waals surface area contributed by atoms with E-state index in [9.17, 15) is 4.21 Å². The Bertz CT molecular complexity index is 336. The van der Waals surface area contributed by atoms with Crippen molar-refractivity contribution < 1.29 is 4.21 Å². The first kappa shape index (κ1) is 13.6. The van der Waals surface area contributed by atoms with Crippen LogP contribution in [0.25, 0.3) is 0 Å². The van der Waals surface area contributed by atoms with Gasteiger partial charge in [-0.25, -0.2) is 4.21 Å². The van der Waals surface area contributed by atoms with Crippen molar-refractivity contribution in [1.29, 1.82) is 0 Å². The topological polar surface area (TPSA) is 29.4 Å². The number of hydrogen-bond donors (Lipinski definition) is 0. The Morgan fingerprint density at radius 3 is 2.56 bits per heavy atom. The molecule has 1 aliphatic carbocycles. The molecule has 0 radical (unpaired) electrons. The Morgan fingerprint density at radius 2 is 2.12 bits per heavy atom. The molecule has 2 atom stereocenters. The molecule has 0 fully saturated rings. The van der Waals surface area contributed by atoms with Crippen LogP contribution in [0.1, 0.15) is 53.9 Å². The van der Waals surface area contributed by atoms with Crippen LogP contribution in [0.15, 0.2) is 16.0 Å². The summed E-state index contributed by atoms with van der Waals surface area (Å²) in [6.07, 6.45) is 5.65. The molecule has 16 heavy (non-hydrogen) atoms. The van der Waals surface area contributed by atoms with Crippen molar-refractivity contribution >= 4 is 16.7 Å². The summed E-state index contributed by atoms with van der Waals surface area (Å²) in [5, 5.41) is 0. The van der Waals surface area contributed by atoms with E-state index in [1.54, 1.807) is 0 Å². The first-order chi connectivity index (χ1) is 7.30. The highest BCUT2D eigenvalue weighted by molar-refractivity contribution is 7.85. The van der Waals surface area contributed by atoms with Crippen molar-refractivity contribution in [2.24, 2.45) is 10.3 Å². The lowest BCUT2D eigenvalue weighted by Crippen LogP contribution is -2.22. The molecule has 0 spiro atoms. The van der Waals surface area contributed by atoms with Crippen LogP contribution in [0.4, 0.5) is 0 Å². The molecule has 0 saturated carbocycles. The molecular weight excluding hydrogens is 218 g/mol. The zero-order valence-corrected chi connectivity index (χ0v) is 11.9. The van der Waals surface area contributed by atoms with Gasteiger partial charge in [0.1, 0.15) is 11.0 Å². The summed E-state index contributed by atoms with van der Waals surface area (Å²) in [5.74, 6) is 0.495. The lowest BCUT2D eigenvalue weighted by Gasteiger charge is -2.21. The Morgan fingerprint density at radius 1 is 1.50 bits per heavy atom. The fraction of sp³-hybridized carbons (Fsp3) is 0.769. The largest absolute Gasteiger partial charge is 0.234 e. The molecule has 0 aliphatic heterocycles. The summed E-state index contributed by atoms with van der Waals surface area (Å²) in [7, 11) is -1.11. The number of nitrogens with zero attached hydrogens (tertiary/aromatic N) is 1. The zero-order chi connectivity index (χ0) is 12.3. The molecule has 1 rings (SSSR count). The first-order valence-electron chi connectivity index (χ1n) is 5.93. The SMILES string of the molecule is CC1=CC[C@H](/C(C)=N/S(=O)C(C)(C)C)CC1. The summed E-state index contributed by atoms with van der Waals surface area (Å²) < 4.78 is 16.0. The second-order valence-electron chi connectivity index (χ2n) is 5.62. The maximum atomic E-state index is 11.9. The fourth-order valence-electron chi connectivity index (χ4n) is 1.69. The summed E-state index contributed by atoms with van der Waals surface area (Å²) in [5.41, 5.74) is 2.53. The number of allylic oxidation sites excluding steroid dienone is 2. The number of hydrogen-bond acceptors (Lipinski definition) is 1. The predicted octanol–water partition coefficient (Wildman–Crippen LogP) is 3.66. The van der Waals surface area contributed by atoms with Gasteiger partial charge in [0.15, 0.2) is 0 Å². The third-order valence-electron chi connectivity index (χ3n) is 2.98. The monoisotopic (exact) mass is 241 g/mol. The molecule has 0 bridgehead atoms. The molecule has 0 saturated heterocycles. The molecule has 3 heteroatoms. The Kier molecular flexibility index (Phi) is 4.48. The van der Waals surface area contributed by atoms with Crippen LogP contribution in [0.3, 0.4) is 0 Å². The Labute approximate surface area is 102 Å². The molecule has 0 aromatic heterocycles. The third-order valence-corrected chi connectivity index (χ3v) is 4.48. The van der Waals surface area contributed by atoms with E-state index in [2.05, 4.69) is 17.4 Å². The van der Waals surface area contributed by atoms with Crippen LogP contribution in [0, 0.1) is 5.92 Å². The van der Waals surface area contributed by atoms with Crippen LogP contribution in [0.2, 0.25) is 0 Å². The van der Waals surface area contributed by atoms with E-state index in [1.807, 2.05) is 27.7 Å². The second-order valence-corrected chi connectivity index (χ2v) is 7.52. The highest BCUT2D eigenvalue weighted by Gasteiger charge is 2.21. The molecule has 0 N–H and O–H groups in total. The van der Waals surface area contributed by atoms with E-state index in [4.69, 9.17) is 0 Å². The van der Waals surface area contributed by atoms with Crippen molar-refractivity contribution in [3.8, 4) is 0 Å². The first-order valence-corrected chi connectivity index (χ1v) is 7.04. The van der Waals surface area contributed by atoms with E-state index in [0.29, 0.717) is 5.92 Å². The van der Waals surface area contributed by atoms with Gasteiger partial charge in [0.25, 0.3) is 0 Å². The van der Waals surface area contributed by atoms with Crippen LogP contribution >= 0.6 is 0 Å². The zero-order valence-electron chi connectivity index (χ0n) is 11.0. The lowest BCUT2D eigenvalue weighted by molar-refractivity contribution is 0.596. The minimum absolute atomic E-state index is 0.248. The van der Waals surface area contributed by atoms with Crippen molar-refractivity contribution in [3.05, 3.63) is 11.6 Å². The summed E-state index contributed by atoms with van der Waals surface area (Å²) in [4.78, 5) is 0. The van der Waals surface area contributed by atoms with Crippen molar-refractivity contribution in [2.75, 3.05) is 0 Å². The quantitative estimate of drug-likeness (QED) is 0.536. The van der Waals surface area contributed by atoms with Gasteiger partial charge in [-0.1, -0.05) is 11.6 Å². The molecule has 0 aromatic carbocycles. The van der Waals surface area contributed by atoms with Crippen LogP contribution in [-0.2, 0) is 11.0 Å².